The molecular formula is C32H39N3O4. The van der Waals surface area contributed by atoms with Crippen LogP contribution in [0.4, 0.5) is 4.79 Å². The van der Waals surface area contributed by atoms with Gasteiger partial charge in [0, 0.05) is 36.7 Å². The molecule has 2 aromatic carbocycles. The van der Waals surface area contributed by atoms with Gasteiger partial charge in [-0.1, -0.05) is 54.6 Å². The highest BCUT2D eigenvalue weighted by Gasteiger charge is 2.46. The van der Waals surface area contributed by atoms with Gasteiger partial charge in [0.1, 0.15) is 5.60 Å². The van der Waals surface area contributed by atoms with E-state index in [-0.39, 0.29) is 17.5 Å². The fraction of sp³-hybridized carbons (Fsp3) is 0.406. The van der Waals surface area contributed by atoms with Gasteiger partial charge in [-0.05, 0) is 64.8 Å². The number of pyridine rings is 1. The van der Waals surface area contributed by atoms with Crippen molar-refractivity contribution in [3.05, 3.63) is 89.6 Å². The number of carbonyl (C=O) groups is 2. The Morgan fingerprint density at radius 2 is 1.72 bits per heavy atom. The van der Waals surface area contributed by atoms with Gasteiger partial charge in [-0.3, -0.25) is 9.78 Å². The zero-order chi connectivity index (χ0) is 28.4. The molecule has 0 spiro atoms. The number of nitrogens with one attached hydrogen (secondary N) is 1. The molecule has 4 rings (SSSR count). The third-order valence-electron chi connectivity index (χ3n) is 6.96. The standard InChI is InChI=1S/C32H39N3O4/c1-22(35-19-18-32(39-29(35)37,21-31(5,6)38)26-10-8-7-9-11-26)23-12-14-24(15-13-23)27-17-16-25(20-33-27)28(36)34-30(2,3)4/h7-17,20,22,38H,18-19,21H2,1-6H3,(H,34,36)/t22-,32-/m0/s1. The number of benzene rings is 2. The number of hydrogen-bond donors (Lipinski definition) is 2. The van der Waals surface area contributed by atoms with Gasteiger partial charge in [0.05, 0.1) is 22.9 Å². The number of hydrogen-bond acceptors (Lipinski definition) is 5. The average molecular weight is 530 g/mol. The minimum atomic E-state index is -0.998. The van der Waals surface area contributed by atoms with Crippen LogP contribution in [0.15, 0.2) is 72.9 Å². The Hall–Kier alpha value is -3.71. The van der Waals surface area contributed by atoms with Crippen molar-refractivity contribution in [3.8, 4) is 11.3 Å². The molecular weight excluding hydrogens is 490 g/mol. The van der Waals surface area contributed by atoms with Crippen LogP contribution in [0.25, 0.3) is 11.3 Å². The summed E-state index contributed by atoms with van der Waals surface area (Å²) < 4.78 is 6.13. The number of nitrogens with zero attached hydrogens (tertiary/aromatic N) is 2. The second-order valence-corrected chi connectivity index (χ2v) is 12.1. The molecule has 7 heteroatoms. The number of aliphatic hydroxyl groups is 1. The number of ether oxygens (including phenoxy) is 1. The summed E-state index contributed by atoms with van der Waals surface area (Å²) in [5, 5.41) is 13.6. The van der Waals surface area contributed by atoms with Crippen molar-refractivity contribution in [2.45, 2.75) is 77.2 Å². The molecule has 1 saturated heterocycles. The molecule has 206 valence electrons. The molecule has 2 amide bonds. The van der Waals surface area contributed by atoms with E-state index < -0.39 is 17.3 Å². The monoisotopic (exact) mass is 529 g/mol. The molecule has 1 aromatic heterocycles. The Kier molecular flexibility index (Phi) is 7.84. The molecule has 1 aliphatic heterocycles. The van der Waals surface area contributed by atoms with E-state index in [0.29, 0.717) is 24.9 Å². The lowest BCUT2D eigenvalue weighted by molar-refractivity contribution is -0.101. The van der Waals surface area contributed by atoms with Crippen LogP contribution in [0.2, 0.25) is 0 Å². The first-order chi connectivity index (χ1) is 18.3. The summed E-state index contributed by atoms with van der Waals surface area (Å²) in [6.45, 7) is 11.8. The van der Waals surface area contributed by atoms with E-state index in [4.69, 9.17) is 4.74 Å². The van der Waals surface area contributed by atoms with Crippen molar-refractivity contribution in [2.75, 3.05) is 6.54 Å². The van der Waals surface area contributed by atoms with Gasteiger partial charge in [-0.25, -0.2) is 4.79 Å². The lowest BCUT2D eigenvalue weighted by atomic mass is 9.80. The summed E-state index contributed by atoms with van der Waals surface area (Å²) in [4.78, 5) is 31.9. The summed E-state index contributed by atoms with van der Waals surface area (Å²) in [5.41, 5.74) is 1.88. The maximum absolute atomic E-state index is 13.3. The Balaban J connectivity index is 1.47. The van der Waals surface area contributed by atoms with Gasteiger partial charge < -0.3 is 20.1 Å². The van der Waals surface area contributed by atoms with Gasteiger partial charge in [0.2, 0.25) is 0 Å². The first-order valence-corrected chi connectivity index (χ1v) is 13.4. The van der Waals surface area contributed by atoms with E-state index in [1.807, 2.05) is 88.4 Å². The fourth-order valence-corrected chi connectivity index (χ4v) is 5.12. The topological polar surface area (TPSA) is 91.8 Å². The van der Waals surface area contributed by atoms with E-state index >= 15 is 0 Å². The first kappa shape index (κ1) is 28.3. The highest BCUT2D eigenvalue weighted by atomic mass is 16.6. The third-order valence-corrected chi connectivity index (χ3v) is 6.96. The third kappa shape index (κ3) is 6.84. The molecule has 39 heavy (non-hydrogen) atoms. The number of carbonyl (C=O) groups excluding carboxylic acids is 2. The van der Waals surface area contributed by atoms with Crippen molar-refractivity contribution < 1.29 is 19.4 Å². The fourth-order valence-electron chi connectivity index (χ4n) is 5.12. The lowest BCUT2D eigenvalue weighted by Crippen LogP contribution is -2.51. The molecule has 2 heterocycles. The number of amides is 2. The van der Waals surface area contributed by atoms with Crippen LogP contribution in [-0.2, 0) is 10.3 Å². The van der Waals surface area contributed by atoms with Gasteiger partial charge in [-0.15, -0.1) is 0 Å². The predicted octanol–water partition coefficient (Wildman–Crippen LogP) is 6.24. The zero-order valence-electron chi connectivity index (χ0n) is 23.7. The van der Waals surface area contributed by atoms with Crippen molar-refractivity contribution >= 4 is 12.0 Å². The van der Waals surface area contributed by atoms with Crippen molar-refractivity contribution in [3.63, 3.8) is 0 Å². The predicted molar refractivity (Wildman–Crippen MR) is 152 cm³/mol. The molecule has 1 fully saturated rings. The highest BCUT2D eigenvalue weighted by molar-refractivity contribution is 5.94. The second kappa shape index (κ2) is 10.8. The minimum Gasteiger partial charge on any atom is -0.438 e. The molecule has 2 N–H and O–H groups in total. The van der Waals surface area contributed by atoms with Crippen LogP contribution in [0, 0.1) is 0 Å². The quantitative estimate of drug-likeness (QED) is 0.378. The van der Waals surface area contributed by atoms with Crippen LogP contribution in [0.1, 0.15) is 81.9 Å². The second-order valence-electron chi connectivity index (χ2n) is 12.1. The maximum atomic E-state index is 13.3. The average Bonchev–Trinajstić information content (AvgIpc) is 2.87. The first-order valence-electron chi connectivity index (χ1n) is 13.4. The molecule has 0 unspecified atom stereocenters. The number of rotatable bonds is 7. The smallest absolute Gasteiger partial charge is 0.411 e. The van der Waals surface area contributed by atoms with Gasteiger partial charge in [0.25, 0.3) is 5.91 Å². The largest absolute Gasteiger partial charge is 0.438 e. The van der Waals surface area contributed by atoms with E-state index in [2.05, 4.69) is 10.3 Å². The Morgan fingerprint density at radius 3 is 2.26 bits per heavy atom. The summed E-state index contributed by atoms with van der Waals surface area (Å²) in [5.74, 6) is -0.155. The van der Waals surface area contributed by atoms with Gasteiger partial charge >= 0.3 is 6.09 Å². The SMILES string of the molecule is C[C@@H](c1ccc(-c2ccc(C(=O)NC(C)(C)C)cn2)cc1)N1CC[C@](CC(C)(C)O)(c2ccccc2)OC1=O. The molecule has 1 aliphatic rings. The Morgan fingerprint density at radius 1 is 1.05 bits per heavy atom. The van der Waals surface area contributed by atoms with E-state index in [1.54, 1.807) is 31.0 Å². The van der Waals surface area contributed by atoms with Crippen LogP contribution in [0.5, 0.6) is 0 Å². The highest BCUT2D eigenvalue weighted by Crippen LogP contribution is 2.42. The van der Waals surface area contributed by atoms with Gasteiger partial charge in [-0.2, -0.15) is 0 Å². The molecule has 0 radical (unpaired) electrons. The van der Waals surface area contributed by atoms with Crippen molar-refractivity contribution in [1.29, 1.82) is 0 Å². The summed E-state index contributed by atoms with van der Waals surface area (Å²) in [6, 6.07) is 21.0. The normalized spacial score (nSPS) is 18.8. The number of aromatic nitrogens is 1. The van der Waals surface area contributed by atoms with Crippen LogP contribution >= 0.6 is 0 Å². The molecule has 3 aromatic rings. The maximum Gasteiger partial charge on any atom is 0.411 e. The van der Waals surface area contributed by atoms with Crippen LogP contribution < -0.4 is 5.32 Å². The summed E-state index contributed by atoms with van der Waals surface area (Å²) in [6.07, 6.45) is 2.09. The molecule has 0 saturated carbocycles. The summed E-state index contributed by atoms with van der Waals surface area (Å²) in [7, 11) is 0. The van der Waals surface area contributed by atoms with Crippen LogP contribution in [0.3, 0.4) is 0 Å². The van der Waals surface area contributed by atoms with Crippen molar-refractivity contribution in [2.24, 2.45) is 0 Å². The molecule has 0 aliphatic carbocycles. The summed E-state index contributed by atoms with van der Waals surface area (Å²) >= 11 is 0. The molecule has 0 bridgehead atoms. The lowest BCUT2D eigenvalue weighted by Gasteiger charge is -2.45. The zero-order valence-corrected chi connectivity index (χ0v) is 23.7. The van der Waals surface area contributed by atoms with E-state index in [9.17, 15) is 14.7 Å². The van der Waals surface area contributed by atoms with Crippen LogP contribution in [-0.4, -0.2) is 44.7 Å². The van der Waals surface area contributed by atoms with Crippen molar-refractivity contribution in [1.82, 2.24) is 15.2 Å². The van der Waals surface area contributed by atoms with E-state index in [1.165, 1.54) is 0 Å². The molecule has 2 atom stereocenters. The van der Waals surface area contributed by atoms with E-state index in [0.717, 1.165) is 22.4 Å². The van der Waals surface area contributed by atoms with Gasteiger partial charge in [0.15, 0.2) is 0 Å². The Bertz CT molecular complexity index is 1290. The molecule has 7 nitrogen and oxygen atoms in total. The minimum absolute atomic E-state index is 0.155. The number of cyclic esters (lactones) is 1. The Labute approximate surface area is 231 Å².